The molecule has 0 atom stereocenters. The maximum Gasteiger partial charge on any atom is 0.253 e. The minimum atomic E-state index is 0.0541. The number of amides is 1. The number of hydrogen-bond donors (Lipinski definition) is 1. The molecule has 1 saturated heterocycles. The molecule has 1 aromatic rings. The van der Waals surface area contributed by atoms with E-state index in [1.807, 2.05) is 16.7 Å². The molecule has 0 aromatic heterocycles. The SMILES string of the molecule is CC1(C)CN(C(=O)c2ccc(O)cc2)CCS1. The fraction of sp³-hybridized carbons (Fsp3) is 0.462. The Kier molecular flexibility index (Phi) is 3.33. The van der Waals surface area contributed by atoms with Crippen molar-refractivity contribution < 1.29 is 9.90 Å². The van der Waals surface area contributed by atoms with Gasteiger partial charge >= 0.3 is 0 Å². The number of carbonyl (C=O) groups is 1. The first kappa shape index (κ1) is 12.3. The fourth-order valence-corrected chi connectivity index (χ4v) is 3.09. The largest absolute Gasteiger partial charge is 0.508 e. The molecule has 1 aliphatic rings. The van der Waals surface area contributed by atoms with Gasteiger partial charge in [0.15, 0.2) is 0 Å². The summed E-state index contributed by atoms with van der Waals surface area (Å²) in [4.78, 5) is 14.1. The number of benzene rings is 1. The van der Waals surface area contributed by atoms with Crippen LogP contribution in [-0.4, -0.2) is 39.5 Å². The molecule has 0 spiro atoms. The maximum absolute atomic E-state index is 12.2. The number of hydrogen-bond acceptors (Lipinski definition) is 3. The molecular weight excluding hydrogens is 234 g/mol. The molecule has 1 aliphatic heterocycles. The Morgan fingerprint density at radius 3 is 2.59 bits per heavy atom. The highest BCUT2D eigenvalue weighted by atomic mass is 32.2. The summed E-state index contributed by atoms with van der Waals surface area (Å²) < 4.78 is 0.130. The van der Waals surface area contributed by atoms with Crippen LogP contribution in [0.5, 0.6) is 5.75 Å². The number of aromatic hydroxyl groups is 1. The van der Waals surface area contributed by atoms with Crippen LogP contribution in [0.1, 0.15) is 24.2 Å². The highest BCUT2D eigenvalue weighted by Gasteiger charge is 2.30. The number of carbonyl (C=O) groups excluding carboxylic acids is 1. The zero-order valence-corrected chi connectivity index (χ0v) is 11.0. The number of nitrogens with zero attached hydrogens (tertiary/aromatic N) is 1. The van der Waals surface area contributed by atoms with Crippen LogP contribution >= 0.6 is 11.8 Å². The van der Waals surface area contributed by atoms with Crippen LogP contribution in [0, 0.1) is 0 Å². The lowest BCUT2D eigenvalue weighted by Crippen LogP contribution is -2.46. The monoisotopic (exact) mass is 251 g/mol. The Morgan fingerprint density at radius 2 is 2.00 bits per heavy atom. The number of phenols is 1. The first-order chi connectivity index (χ1) is 7.98. The van der Waals surface area contributed by atoms with E-state index < -0.39 is 0 Å². The standard InChI is InChI=1S/C13H17NO2S/c1-13(2)9-14(7-8-17-13)12(16)10-3-5-11(15)6-4-10/h3-6,15H,7-9H2,1-2H3. The van der Waals surface area contributed by atoms with E-state index >= 15 is 0 Å². The smallest absolute Gasteiger partial charge is 0.253 e. The van der Waals surface area contributed by atoms with Crippen molar-refractivity contribution in [3.05, 3.63) is 29.8 Å². The van der Waals surface area contributed by atoms with Gasteiger partial charge in [0.2, 0.25) is 0 Å². The molecule has 0 aliphatic carbocycles. The quantitative estimate of drug-likeness (QED) is 0.833. The summed E-state index contributed by atoms with van der Waals surface area (Å²) in [7, 11) is 0. The van der Waals surface area contributed by atoms with Gasteiger partial charge < -0.3 is 10.0 Å². The van der Waals surface area contributed by atoms with Crippen LogP contribution in [0.4, 0.5) is 0 Å². The van der Waals surface area contributed by atoms with Crippen LogP contribution in [0.2, 0.25) is 0 Å². The molecule has 17 heavy (non-hydrogen) atoms. The number of thioether (sulfide) groups is 1. The average molecular weight is 251 g/mol. The van der Waals surface area contributed by atoms with Gasteiger partial charge in [-0.25, -0.2) is 0 Å². The Hall–Kier alpha value is -1.16. The molecule has 0 bridgehead atoms. The molecule has 4 heteroatoms. The third-order valence-electron chi connectivity index (χ3n) is 2.83. The van der Waals surface area contributed by atoms with Crippen LogP contribution in [0.15, 0.2) is 24.3 Å². The summed E-state index contributed by atoms with van der Waals surface area (Å²) >= 11 is 1.91. The van der Waals surface area contributed by atoms with Crippen molar-refractivity contribution in [2.75, 3.05) is 18.8 Å². The molecule has 1 aromatic carbocycles. The number of phenolic OH excluding ortho intramolecular Hbond substituents is 1. The van der Waals surface area contributed by atoms with Gasteiger partial charge in [-0.2, -0.15) is 11.8 Å². The third-order valence-corrected chi connectivity index (χ3v) is 4.12. The predicted molar refractivity (Wildman–Crippen MR) is 70.5 cm³/mol. The van der Waals surface area contributed by atoms with Crippen molar-refractivity contribution in [1.29, 1.82) is 0 Å². The van der Waals surface area contributed by atoms with Gasteiger partial charge in [-0.3, -0.25) is 4.79 Å². The summed E-state index contributed by atoms with van der Waals surface area (Å²) in [6.07, 6.45) is 0. The second-order valence-corrected chi connectivity index (χ2v) is 6.68. The van der Waals surface area contributed by atoms with E-state index in [1.54, 1.807) is 24.3 Å². The molecular formula is C13H17NO2S. The molecule has 0 radical (unpaired) electrons. The predicted octanol–water partition coefficient (Wildman–Crippen LogP) is 2.36. The van der Waals surface area contributed by atoms with Crippen molar-refractivity contribution in [3.63, 3.8) is 0 Å². The van der Waals surface area contributed by atoms with Crippen LogP contribution < -0.4 is 0 Å². The van der Waals surface area contributed by atoms with Gasteiger partial charge in [0.1, 0.15) is 5.75 Å². The van der Waals surface area contributed by atoms with Gasteiger partial charge in [0.25, 0.3) is 5.91 Å². The number of rotatable bonds is 1. The first-order valence-corrected chi connectivity index (χ1v) is 6.69. The van der Waals surface area contributed by atoms with Gasteiger partial charge in [-0.05, 0) is 38.1 Å². The average Bonchev–Trinajstić information content (AvgIpc) is 2.28. The van der Waals surface area contributed by atoms with E-state index in [4.69, 9.17) is 0 Å². The maximum atomic E-state index is 12.2. The lowest BCUT2D eigenvalue weighted by atomic mass is 10.1. The van der Waals surface area contributed by atoms with E-state index in [-0.39, 0.29) is 16.4 Å². The zero-order valence-electron chi connectivity index (χ0n) is 10.1. The zero-order chi connectivity index (χ0) is 12.5. The van der Waals surface area contributed by atoms with Gasteiger partial charge in [0, 0.05) is 29.2 Å². The fourth-order valence-electron chi connectivity index (χ4n) is 1.98. The highest BCUT2D eigenvalue weighted by Crippen LogP contribution is 2.30. The molecule has 92 valence electrons. The second kappa shape index (κ2) is 4.61. The van der Waals surface area contributed by atoms with Gasteiger partial charge in [0.05, 0.1) is 0 Å². The minimum Gasteiger partial charge on any atom is -0.508 e. The van der Waals surface area contributed by atoms with Crippen molar-refractivity contribution in [3.8, 4) is 5.75 Å². The van der Waals surface area contributed by atoms with E-state index in [0.717, 1.165) is 18.8 Å². The third kappa shape index (κ3) is 2.94. The molecule has 1 N–H and O–H groups in total. The van der Waals surface area contributed by atoms with Crippen molar-refractivity contribution in [2.45, 2.75) is 18.6 Å². The van der Waals surface area contributed by atoms with Crippen molar-refractivity contribution >= 4 is 17.7 Å². The molecule has 1 heterocycles. The van der Waals surface area contributed by atoms with Gasteiger partial charge in [-0.1, -0.05) is 0 Å². The Balaban J connectivity index is 2.12. The van der Waals surface area contributed by atoms with Crippen molar-refractivity contribution in [1.82, 2.24) is 4.90 Å². The van der Waals surface area contributed by atoms with E-state index in [2.05, 4.69) is 13.8 Å². The van der Waals surface area contributed by atoms with Crippen LogP contribution in [0.3, 0.4) is 0 Å². The van der Waals surface area contributed by atoms with Crippen molar-refractivity contribution in [2.24, 2.45) is 0 Å². The molecule has 3 nitrogen and oxygen atoms in total. The van der Waals surface area contributed by atoms with E-state index in [1.165, 1.54) is 0 Å². The molecule has 1 amide bonds. The summed E-state index contributed by atoms with van der Waals surface area (Å²) in [5.74, 6) is 1.23. The Labute approximate surface area is 106 Å². The van der Waals surface area contributed by atoms with E-state index in [0.29, 0.717) is 5.56 Å². The van der Waals surface area contributed by atoms with E-state index in [9.17, 15) is 9.90 Å². The Bertz CT molecular complexity index is 414. The molecule has 0 unspecified atom stereocenters. The Morgan fingerprint density at radius 1 is 1.35 bits per heavy atom. The summed E-state index contributed by atoms with van der Waals surface area (Å²) in [6.45, 7) is 5.90. The normalized spacial score (nSPS) is 19.1. The topological polar surface area (TPSA) is 40.5 Å². The molecule has 1 fully saturated rings. The first-order valence-electron chi connectivity index (χ1n) is 5.70. The lowest BCUT2D eigenvalue weighted by molar-refractivity contribution is 0.0748. The highest BCUT2D eigenvalue weighted by molar-refractivity contribution is 8.00. The van der Waals surface area contributed by atoms with Gasteiger partial charge in [-0.15, -0.1) is 0 Å². The molecule has 2 rings (SSSR count). The summed E-state index contributed by atoms with van der Waals surface area (Å²) in [5.41, 5.74) is 0.644. The molecule has 0 saturated carbocycles. The minimum absolute atomic E-state index is 0.0541. The van der Waals surface area contributed by atoms with Crippen LogP contribution in [-0.2, 0) is 0 Å². The summed E-state index contributed by atoms with van der Waals surface area (Å²) in [6, 6.07) is 6.45. The summed E-state index contributed by atoms with van der Waals surface area (Å²) in [5, 5.41) is 9.20. The second-order valence-electron chi connectivity index (χ2n) is 4.88. The lowest BCUT2D eigenvalue weighted by Gasteiger charge is -2.37. The van der Waals surface area contributed by atoms with Crippen LogP contribution in [0.25, 0.3) is 0 Å².